The van der Waals surface area contributed by atoms with Crippen molar-refractivity contribution in [3.8, 4) is 0 Å². The summed E-state index contributed by atoms with van der Waals surface area (Å²) >= 11 is 1.70. The Morgan fingerprint density at radius 3 is 2.12 bits per heavy atom. The van der Waals surface area contributed by atoms with E-state index in [9.17, 15) is 0 Å². The van der Waals surface area contributed by atoms with E-state index in [1.807, 2.05) is 0 Å². The van der Waals surface area contributed by atoms with Crippen LogP contribution >= 0.6 is 11.3 Å². The Labute approximate surface area is 107 Å². The Bertz CT molecular complexity index is 541. The third-order valence-electron chi connectivity index (χ3n) is 2.71. The zero-order valence-corrected chi connectivity index (χ0v) is 12.3. The molecule has 0 N–H and O–H groups in total. The average molecular weight is 248 g/mol. The van der Waals surface area contributed by atoms with Crippen molar-refractivity contribution in [2.24, 2.45) is 0 Å². The molecule has 0 bridgehead atoms. The molecule has 92 valence electrons. The summed E-state index contributed by atoms with van der Waals surface area (Å²) in [7, 11) is 0. The zero-order valence-electron chi connectivity index (χ0n) is 11.5. The molecule has 2 nitrogen and oxygen atoms in total. The number of fused-ring (bicyclic) bond motifs is 1. The van der Waals surface area contributed by atoms with Crippen molar-refractivity contribution in [2.45, 2.75) is 52.4 Å². The lowest BCUT2D eigenvalue weighted by Gasteiger charge is -2.23. The normalized spacial score (nSPS) is 13.3. The summed E-state index contributed by atoms with van der Waals surface area (Å²) in [6.45, 7) is 13.1. The minimum atomic E-state index is -0.00181. The van der Waals surface area contributed by atoms with E-state index in [2.05, 4.69) is 58.0 Å². The first kappa shape index (κ1) is 12.5. The van der Waals surface area contributed by atoms with Gasteiger partial charge in [0, 0.05) is 16.2 Å². The largest absolute Gasteiger partial charge is 0.236 e. The highest BCUT2D eigenvalue weighted by Crippen LogP contribution is 2.32. The van der Waals surface area contributed by atoms with Crippen molar-refractivity contribution < 1.29 is 0 Å². The van der Waals surface area contributed by atoms with Gasteiger partial charge in [-0.15, -0.1) is 11.3 Å². The molecular weight excluding hydrogens is 228 g/mol. The van der Waals surface area contributed by atoms with Gasteiger partial charge in [0.1, 0.15) is 10.7 Å². The van der Waals surface area contributed by atoms with Crippen LogP contribution in [-0.4, -0.2) is 9.97 Å². The molecule has 0 aliphatic heterocycles. The van der Waals surface area contributed by atoms with Crippen molar-refractivity contribution in [3.05, 3.63) is 23.0 Å². The lowest BCUT2D eigenvalue weighted by Crippen LogP contribution is -2.21. The predicted molar refractivity (Wildman–Crippen MR) is 74.8 cm³/mol. The van der Waals surface area contributed by atoms with Crippen LogP contribution in [0.1, 0.15) is 53.1 Å². The zero-order chi connectivity index (χ0) is 12.8. The maximum atomic E-state index is 4.81. The second-order valence-electron chi connectivity index (χ2n) is 6.54. The molecule has 0 fully saturated rings. The highest BCUT2D eigenvalue weighted by molar-refractivity contribution is 7.16. The number of thiophene rings is 1. The fourth-order valence-electron chi connectivity index (χ4n) is 1.76. The maximum Gasteiger partial charge on any atom is 0.135 e. The van der Waals surface area contributed by atoms with E-state index >= 15 is 0 Å². The predicted octanol–water partition coefficient (Wildman–Crippen LogP) is 4.29. The summed E-state index contributed by atoms with van der Waals surface area (Å²) in [4.78, 5) is 10.6. The molecule has 0 atom stereocenters. The molecule has 0 aliphatic rings. The first-order valence-electron chi connectivity index (χ1n) is 5.96. The molecule has 0 spiro atoms. The number of hydrogen-bond acceptors (Lipinski definition) is 3. The second-order valence-corrected chi connectivity index (χ2v) is 7.43. The number of nitrogens with zero attached hydrogens (tertiary/aromatic N) is 2. The topological polar surface area (TPSA) is 25.8 Å². The summed E-state index contributed by atoms with van der Waals surface area (Å²) in [6.07, 6.45) is 0. The van der Waals surface area contributed by atoms with Crippen LogP contribution in [0.25, 0.3) is 10.2 Å². The molecule has 2 aromatic heterocycles. The van der Waals surface area contributed by atoms with Gasteiger partial charge in [0.15, 0.2) is 0 Å². The van der Waals surface area contributed by atoms with Gasteiger partial charge in [0.05, 0.1) is 5.69 Å². The highest BCUT2D eigenvalue weighted by atomic mass is 32.1. The van der Waals surface area contributed by atoms with Crippen LogP contribution in [0.15, 0.2) is 11.4 Å². The third kappa shape index (κ3) is 2.34. The van der Waals surface area contributed by atoms with Crippen molar-refractivity contribution in [1.29, 1.82) is 0 Å². The van der Waals surface area contributed by atoms with Crippen LogP contribution in [0.5, 0.6) is 0 Å². The molecular formula is C14H20N2S. The SMILES string of the molecule is CC(C)(C)c1nc(C(C)(C)C)c2ccsc2n1. The number of rotatable bonds is 0. The van der Waals surface area contributed by atoms with E-state index in [4.69, 9.17) is 4.98 Å². The van der Waals surface area contributed by atoms with Gasteiger partial charge in [0.25, 0.3) is 0 Å². The van der Waals surface area contributed by atoms with Gasteiger partial charge in [0.2, 0.25) is 0 Å². The van der Waals surface area contributed by atoms with Gasteiger partial charge in [-0.25, -0.2) is 9.97 Å². The van der Waals surface area contributed by atoms with Crippen LogP contribution in [0.3, 0.4) is 0 Å². The van der Waals surface area contributed by atoms with E-state index in [1.54, 1.807) is 11.3 Å². The molecule has 0 saturated carbocycles. The van der Waals surface area contributed by atoms with E-state index in [-0.39, 0.29) is 10.8 Å². The van der Waals surface area contributed by atoms with E-state index in [1.165, 1.54) is 5.39 Å². The maximum absolute atomic E-state index is 4.81. The molecule has 17 heavy (non-hydrogen) atoms. The first-order valence-corrected chi connectivity index (χ1v) is 6.84. The second kappa shape index (κ2) is 3.77. The van der Waals surface area contributed by atoms with Gasteiger partial charge < -0.3 is 0 Å². The number of hydrogen-bond donors (Lipinski definition) is 0. The molecule has 0 amide bonds. The summed E-state index contributed by atoms with van der Waals surface area (Å²) in [6, 6.07) is 2.13. The quantitative estimate of drug-likeness (QED) is 0.695. The summed E-state index contributed by atoms with van der Waals surface area (Å²) in [5, 5.41) is 3.30. The van der Waals surface area contributed by atoms with Gasteiger partial charge in [-0.1, -0.05) is 41.5 Å². The van der Waals surface area contributed by atoms with Gasteiger partial charge in [-0.2, -0.15) is 0 Å². The van der Waals surface area contributed by atoms with Gasteiger partial charge in [-0.05, 0) is 11.4 Å². The fraction of sp³-hybridized carbons (Fsp3) is 0.571. The van der Waals surface area contributed by atoms with Crippen LogP contribution in [0, 0.1) is 0 Å². The van der Waals surface area contributed by atoms with Crippen molar-refractivity contribution >= 4 is 21.6 Å². The number of aromatic nitrogens is 2. The smallest absolute Gasteiger partial charge is 0.135 e. The lowest BCUT2D eigenvalue weighted by atomic mass is 9.89. The fourth-order valence-corrected chi connectivity index (χ4v) is 2.53. The molecule has 2 rings (SSSR count). The summed E-state index contributed by atoms with van der Waals surface area (Å²) in [5.41, 5.74) is 1.22. The molecule has 2 aromatic rings. The van der Waals surface area contributed by atoms with Crippen molar-refractivity contribution in [3.63, 3.8) is 0 Å². The highest BCUT2D eigenvalue weighted by Gasteiger charge is 2.25. The molecule has 0 unspecified atom stereocenters. The van der Waals surface area contributed by atoms with Crippen molar-refractivity contribution in [1.82, 2.24) is 9.97 Å². The molecule has 0 radical (unpaired) electrons. The Balaban J connectivity index is 2.76. The molecule has 0 aromatic carbocycles. The molecule has 2 heterocycles. The molecule has 3 heteroatoms. The first-order chi connectivity index (χ1) is 7.69. The van der Waals surface area contributed by atoms with E-state index in [0.717, 1.165) is 16.3 Å². The standard InChI is InChI=1S/C14H20N2S/c1-13(2,3)10-9-7-8-17-11(9)16-12(15-10)14(4,5)6/h7-8H,1-6H3. The van der Waals surface area contributed by atoms with Crippen LogP contribution in [-0.2, 0) is 10.8 Å². The Hall–Kier alpha value is -0.960. The average Bonchev–Trinajstić information content (AvgIpc) is 2.59. The van der Waals surface area contributed by atoms with E-state index in [0.29, 0.717) is 0 Å². The van der Waals surface area contributed by atoms with Crippen LogP contribution in [0.4, 0.5) is 0 Å². The Kier molecular flexibility index (Phi) is 2.77. The Morgan fingerprint density at radius 1 is 0.941 bits per heavy atom. The van der Waals surface area contributed by atoms with Crippen LogP contribution < -0.4 is 0 Å². The summed E-state index contributed by atoms with van der Waals surface area (Å²) in [5.74, 6) is 0.942. The van der Waals surface area contributed by atoms with Gasteiger partial charge >= 0.3 is 0 Å². The molecule has 0 aliphatic carbocycles. The van der Waals surface area contributed by atoms with Gasteiger partial charge in [-0.3, -0.25) is 0 Å². The van der Waals surface area contributed by atoms with Crippen LogP contribution in [0.2, 0.25) is 0 Å². The third-order valence-corrected chi connectivity index (χ3v) is 3.51. The lowest BCUT2D eigenvalue weighted by molar-refractivity contribution is 0.520. The Morgan fingerprint density at radius 2 is 1.59 bits per heavy atom. The summed E-state index contributed by atoms with van der Waals surface area (Å²) < 4.78 is 0. The van der Waals surface area contributed by atoms with Crippen molar-refractivity contribution in [2.75, 3.05) is 0 Å². The van der Waals surface area contributed by atoms with E-state index < -0.39 is 0 Å². The monoisotopic (exact) mass is 248 g/mol. The minimum absolute atomic E-state index is 0.00181. The molecule has 0 saturated heterocycles. The minimum Gasteiger partial charge on any atom is -0.236 e.